The monoisotopic (exact) mass is 286 g/mol. The maximum absolute atomic E-state index is 12.1. The molecule has 0 aliphatic carbocycles. The van der Waals surface area contributed by atoms with Crippen molar-refractivity contribution in [1.82, 2.24) is 4.98 Å². The molecule has 0 aliphatic heterocycles. The molecule has 0 saturated carbocycles. The lowest BCUT2D eigenvalue weighted by atomic mass is 10.2. The largest absolute Gasteiger partial charge is 0.482 e. The Hall–Kier alpha value is -2.89. The van der Waals surface area contributed by atoms with Crippen LogP contribution in [0.3, 0.4) is 0 Å². The molecule has 1 amide bonds. The predicted molar refractivity (Wildman–Crippen MR) is 76.5 cm³/mol. The van der Waals surface area contributed by atoms with Gasteiger partial charge in [0.05, 0.1) is 0 Å². The molecule has 0 fully saturated rings. The summed E-state index contributed by atoms with van der Waals surface area (Å²) < 4.78 is 5.05. The number of pyridine rings is 1. The Kier molecular flexibility index (Phi) is 4.50. The average molecular weight is 286 g/mol. The fraction of sp³-hybridized carbons (Fsp3) is 0.133. The normalized spacial score (nSPS) is 9.95. The van der Waals surface area contributed by atoms with Crippen LogP contribution in [0.1, 0.15) is 16.1 Å². The fourth-order valence-corrected chi connectivity index (χ4v) is 1.72. The van der Waals surface area contributed by atoms with Crippen LogP contribution in [0, 0.1) is 6.92 Å². The highest BCUT2D eigenvalue weighted by atomic mass is 16.5. The molecule has 6 heteroatoms. The van der Waals surface area contributed by atoms with Crippen molar-refractivity contribution in [2.75, 3.05) is 11.9 Å². The Morgan fingerprint density at radius 2 is 2.10 bits per heavy atom. The Morgan fingerprint density at radius 1 is 1.29 bits per heavy atom. The summed E-state index contributed by atoms with van der Waals surface area (Å²) in [6, 6.07) is 10.1. The quantitative estimate of drug-likeness (QED) is 0.878. The Bertz CT molecular complexity index is 670. The summed E-state index contributed by atoms with van der Waals surface area (Å²) in [4.78, 5) is 26.6. The van der Waals surface area contributed by atoms with Gasteiger partial charge < -0.3 is 15.2 Å². The van der Waals surface area contributed by atoms with E-state index in [0.29, 0.717) is 17.1 Å². The van der Waals surface area contributed by atoms with E-state index in [2.05, 4.69) is 10.3 Å². The van der Waals surface area contributed by atoms with Crippen molar-refractivity contribution in [2.24, 2.45) is 0 Å². The molecule has 0 aliphatic rings. The number of benzene rings is 1. The average Bonchev–Trinajstić information content (AvgIpc) is 2.46. The first-order chi connectivity index (χ1) is 10.1. The van der Waals surface area contributed by atoms with Crippen LogP contribution in [-0.4, -0.2) is 28.6 Å². The second-order valence-corrected chi connectivity index (χ2v) is 4.33. The highest BCUT2D eigenvalue weighted by Crippen LogP contribution is 2.18. The van der Waals surface area contributed by atoms with Gasteiger partial charge in [-0.1, -0.05) is 12.1 Å². The van der Waals surface area contributed by atoms with Crippen LogP contribution in [-0.2, 0) is 4.79 Å². The minimum Gasteiger partial charge on any atom is -0.482 e. The lowest BCUT2D eigenvalue weighted by molar-refractivity contribution is -0.139. The van der Waals surface area contributed by atoms with Crippen molar-refractivity contribution in [3.8, 4) is 5.75 Å². The number of ether oxygens (including phenoxy) is 1. The van der Waals surface area contributed by atoms with Gasteiger partial charge in [-0.25, -0.2) is 4.79 Å². The van der Waals surface area contributed by atoms with Crippen LogP contribution in [0.25, 0.3) is 0 Å². The first-order valence-electron chi connectivity index (χ1n) is 6.24. The molecular weight excluding hydrogens is 272 g/mol. The zero-order valence-corrected chi connectivity index (χ0v) is 11.4. The number of aliphatic carboxylic acids is 1. The highest BCUT2D eigenvalue weighted by Gasteiger charge is 2.10. The zero-order chi connectivity index (χ0) is 15.2. The van der Waals surface area contributed by atoms with Crippen molar-refractivity contribution >= 4 is 17.6 Å². The second-order valence-electron chi connectivity index (χ2n) is 4.33. The van der Waals surface area contributed by atoms with Crippen LogP contribution in [0.4, 0.5) is 5.69 Å². The van der Waals surface area contributed by atoms with Crippen LogP contribution >= 0.6 is 0 Å². The van der Waals surface area contributed by atoms with Gasteiger partial charge in [0.2, 0.25) is 0 Å². The maximum Gasteiger partial charge on any atom is 0.341 e. The zero-order valence-electron chi connectivity index (χ0n) is 11.4. The molecule has 1 aromatic carbocycles. The van der Waals surface area contributed by atoms with E-state index in [1.54, 1.807) is 49.5 Å². The van der Waals surface area contributed by atoms with Crippen LogP contribution < -0.4 is 10.1 Å². The third kappa shape index (κ3) is 4.04. The fourth-order valence-electron chi connectivity index (χ4n) is 1.72. The number of anilines is 1. The molecule has 2 aromatic rings. The number of carboxylic acids is 1. The molecule has 0 atom stereocenters. The minimum absolute atomic E-state index is 0.330. The number of hydrogen-bond donors (Lipinski definition) is 2. The van der Waals surface area contributed by atoms with Gasteiger partial charge in [0.15, 0.2) is 6.61 Å². The molecule has 0 radical (unpaired) electrons. The van der Waals surface area contributed by atoms with Gasteiger partial charge in [0.1, 0.15) is 11.4 Å². The number of hydrogen-bond acceptors (Lipinski definition) is 4. The van der Waals surface area contributed by atoms with E-state index in [1.807, 2.05) is 0 Å². The van der Waals surface area contributed by atoms with E-state index in [-0.39, 0.29) is 5.91 Å². The minimum atomic E-state index is -1.06. The summed E-state index contributed by atoms with van der Waals surface area (Å²) in [7, 11) is 0. The summed E-state index contributed by atoms with van der Waals surface area (Å²) in [6.45, 7) is 1.37. The summed E-state index contributed by atoms with van der Waals surface area (Å²) in [5.41, 5.74) is 1.62. The van der Waals surface area contributed by atoms with Crippen molar-refractivity contribution < 1.29 is 19.4 Å². The highest BCUT2D eigenvalue weighted by molar-refractivity contribution is 6.03. The number of carbonyl (C=O) groups excluding carboxylic acids is 1. The third-order valence-corrected chi connectivity index (χ3v) is 2.68. The van der Waals surface area contributed by atoms with E-state index < -0.39 is 12.6 Å². The van der Waals surface area contributed by atoms with Gasteiger partial charge in [-0.3, -0.25) is 9.78 Å². The number of nitrogens with zero attached hydrogens (tertiary/aromatic N) is 1. The van der Waals surface area contributed by atoms with E-state index >= 15 is 0 Å². The number of carboxylic acid groups (broad SMARTS) is 1. The molecule has 0 spiro atoms. The standard InChI is InChI=1S/C15H14N2O4/c1-10-4-3-7-16-14(10)15(20)17-11-5-2-6-12(8-11)21-9-13(18)19/h2-8H,9H2,1H3,(H,17,20)(H,18,19). The number of carbonyl (C=O) groups is 2. The summed E-state index contributed by atoms with van der Waals surface area (Å²) in [5.74, 6) is -1.02. The van der Waals surface area contributed by atoms with Gasteiger partial charge in [0, 0.05) is 18.0 Å². The maximum atomic E-state index is 12.1. The molecule has 2 N–H and O–H groups in total. The predicted octanol–water partition coefficient (Wildman–Crippen LogP) is 2.11. The molecule has 2 rings (SSSR count). The SMILES string of the molecule is Cc1cccnc1C(=O)Nc1cccc(OCC(=O)O)c1. The van der Waals surface area contributed by atoms with Crippen LogP contribution in [0.15, 0.2) is 42.6 Å². The smallest absolute Gasteiger partial charge is 0.341 e. The molecule has 108 valence electrons. The summed E-state index contributed by atoms with van der Waals surface area (Å²) >= 11 is 0. The Morgan fingerprint density at radius 3 is 2.81 bits per heavy atom. The van der Waals surface area contributed by atoms with Crippen LogP contribution in [0.5, 0.6) is 5.75 Å². The van der Waals surface area contributed by atoms with Crippen LogP contribution in [0.2, 0.25) is 0 Å². The van der Waals surface area contributed by atoms with Crippen molar-refractivity contribution in [3.63, 3.8) is 0 Å². The molecular formula is C15H14N2O4. The van der Waals surface area contributed by atoms with E-state index in [9.17, 15) is 9.59 Å². The molecule has 0 saturated heterocycles. The lowest BCUT2D eigenvalue weighted by Crippen LogP contribution is -2.15. The Labute approximate surface area is 121 Å². The molecule has 0 bridgehead atoms. The van der Waals surface area contributed by atoms with Crippen molar-refractivity contribution in [2.45, 2.75) is 6.92 Å². The topological polar surface area (TPSA) is 88.5 Å². The molecule has 6 nitrogen and oxygen atoms in total. The van der Waals surface area contributed by atoms with Gasteiger partial charge in [-0.2, -0.15) is 0 Å². The van der Waals surface area contributed by atoms with Gasteiger partial charge in [0.25, 0.3) is 5.91 Å². The van der Waals surface area contributed by atoms with Crippen molar-refractivity contribution in [1.29, 1.82) is 0 Å². The number of rotatable bonds is 5. The number of aryl methyl sites for hydroxylation is 1. The molecule has 1 heterocycles. The van der Waals surface area contributed by atoms with E-state index in [0.717, 1.165) is 5.56 Å². The number of amides is 1. The molecule has 0 unspecified atom stereocenters. The number of aromatic nitrogens is 1. The first kappa shape index (κ1) is 14.5. The van der Waals surface area contributed by atoms with Gasteiger partial charge >= 0.3 is 5.97 Å². The summed E-state index contributed by atoms with van der Waals surface area (Å²) in [6.07, 6.45) is 1.55. The van der Waals surface area contributed by atoms with Gasteiger partial charge in [-0.05, 0) is 30.7 Å². The third-order valence-electron chi connectivity index (χ3n) is 2.68. The first-order valence-corrected chi connectivity index (χ1v) is 6.24. The van der Waals surface area contributed by atoms with Gasteiger partial charge in [-0.15, -0.1) is 0 Å². The molecule has 21 heavy (non-hydrogen) atoms. The van der Waals surface area contributed by atoms with E-state index in [1.165, 1.54) is 0 Å². The summed E-state index contributed by atoms with van der Waals surface area (Å²) in [5, 5.41) is 11.3. The Balaban J connectivity index is 2.09. The second kappa shape index (κ2) is 6.51. The lowest BCUT2D eigenvalue weighted by Gasteiger charge is -2.08. The molecule has 1 aromatic heterocycles. The van der Waals surface area contributed by atoms with Crippen molar-refractivity contribution in [3.05, 3.63) is 53.9 Å². The number of nitrogens with one attached hydrogen (secondary N) is 1. The van der Waals surface area contributed by atoms with E-state index in [4.69, 9.17) is 9.84 Å².